The van der Waals surface area contributed by atoms with Gasteiger partial charge in [-0.05, 0) is 63.0 Å². The highest BCUT2D eigenvalue weighted by Crippen LogP contribution is 2.43. The molecule has 7 nitrogen and oxygen atoms in total. The molecule has 0 spiro atoms. The van der Waals surface area contributed by atoms with E-state index in [1.54, 1.807) is 11.8 Å². The quantitative estimate of drug-likeness (QED) is 0.697. The molecule has 2 aromatic heterocycles. The van der Waals surface area contributed by atoms with E-state index in [0.29, 0.717) is 37.8 Å². The van der Waals surface area contributed by atoms with Crippen LogP contribution in [0.2, 0.25) is 5.15 Å². The number of aliphatic hydroxyl groups is 1. The predicted molar refractivity (Wildman–Crippen MR) is 118 cm³/mol. The molecule has 3 fully saturated rings. The number of pyridine rings is 1. The minimum atomic E-state index is -4.65. The lowest BCUT2D eigenvalue weighted by molar-refractivity contribution is -0.141. The molecule has 5 rings (SSSR count). The molecule has 1 N–H and O–H groups in total. The Hall–Kier alpha value is -2.33. The summed E-state index contributed by atoms with van der Waals surface area (Å²) in [4.78, 5) is 33.4. The molecule has 2 saturated carbocycles. The molecule has 3 heterocycles. The van der Waals surface area contributed by atoms with Crippen LogP contribution in [0.3, 0.4) is 0 Å². The second-order valence-electron chi connectivity index (χ2n) is 9.69. The zero-order chi connectivity index (χ0) is 24.4. The van der Waals surface area contributed by atoms with Gasteiger partial charge in [0.2, 0.25) is 5.91 Å². The van der Waals surface area contributed by atoms with Crippen LogP contribution in [-0.4, -0.2) is 67.4 Å². The number of carbonyl (C=O) groups excluding carboxylic acids is 2. The summed E-state index contributed by atoms with van der Waals surface area (Å²) in [6.07, 6.45) is 0.827. The number of aliphatic hydroxyl groups excluding tert-OH is 1. The summed E-state index contributed by atoms with van der Waals surface area (Å²) in [7, 11) is 0. The summed E-state index contributed by atoms with van der Waals surface area (Å²) >= 11 is 6.41. The van der Waals surface area contributed by atoms with Gasteiger partial charge in [-0.25, -0.2) is 4.98 Å². The van der Waals surface area contributed by atoms with Crippen LogP contribution in [-0.2, 0) is 11.0 Å². The SMILES string of the molecule is CC1CN([C@H]2CC[C@H](O)CC2)C(=O)CN1C(=O)c1nc2c(C(F)(F)F)cc(C3CC3)cn2c1Cl. The van der Waals surface area contributed by atoms with Crippen molar-refractivity contribution in [2.75, 3.05) is 13.1 Å². The van der Waals surface area contributed by atoms with Gasteiger partial charge >= 0.3 is 6.18 Å². The molecular formula is C23H26ClF3N4O3. The van der Waals surface area contributed by atoms with Crippen LogP contribution in [0.5, 0.6) is 0 Å². The van der Waals surface area contributed by atoms with Crippen LogP contribution >= 0.6 is 11.6 Å². The first kappa shape index (κ1) is 23.4. The van der Waals surface area contributed by atoms with Gasteiger partial charge in [-0.3, -0.25) is 14.0 Å². The van der Waals surface area contributed by atoms with Gasteiger partial charge in [-0.15, -0.1) is 0 Å². The van der Waals surface area contributed by atoms with Crippen molar-refractivity contribution in [1.29, 1.82) is 0 Å². The highest BCUT2D eigenvalue weighted by Gasteiger charge is 2.41. The number of fused-ring (bicyclic) bond motifs is 1. The highest BCUT2D eigenvalue weighted by molar-refractivity contribution is 6.33. The van der Waals surface area contributed by atoms with Gasteiger partial charge in [0.05, 0.1) is 11.7 Å². The van der Waals surface area contributed by atoms with Crippen LogP contribution in [0, 0.1) is 0 Å². The monoisotopic (exact) mass is 498 g/mol. The summed E-state index contributed by atoms with van der Waals surface area (Å²) in [5.41, 5.74) is -1.10. The Kier molecular flexibility index (Phi) is 5.79. The topological polar surface area (TPSA) is 78.2 Å². The van der Waals surface area contributed by atoms with Crippen LogP contribution in [0.25, 0.3) is 5.65 Å². The standard InChI is InChI=1S/C23H26ClF3N4O3/c1-12-9-30(15-4-6-16(32)7-5-15)18(33)11-29(12)22(34)19-20(24)31-10-14(13-2-3-13)8-17(21(31)28-19)23(25,26)27/h8,10,12-13,15-16,32H,2-7,9,11H2,1H3/t12?,15-,16-. The Morgan fingerprint density at radius 1 is 1.18 bits per heavy atom. The summed E-state index contributed by atoms with van der Waals surface area (Å²) < 4.78 is 42.5. The number of piperazine rings is 1. The maximum atomic E-state index is 13.8. The molecule has 34 heavy (non-hydrogen) atoms. The van der Waals surface area contributed by atoms with E-state index in [0.717, 1.165) is 23.3 Å². The van der Waals surface area contributed by atoms with Crippen LogP contribution in [0.4, 0.5) is 13.2 Å². The number of rotatable bonds is 3. The van der Waals surface area contributed by atoms with E-state index in [4.69, 9.17) is 11.6 Å². The first-order valence-electron chi connectivity index (χ1n) is 11.6. The third-order valence-electron chi connectivity index (χ3n) is 7.23. The van der Waals surface area contributed by atoms with Gasteiger partial charge in [0.15, 0.2) is 11.3 Å². The van der Waals surface area contributed by atoms with E-state index >= 15 is 0 Å². The normalized spacial score (nSPS) is 26.4. The molecule has 1 unspecified atom stereocenters. The van der Waals surface area contributed by atoms with Crippen LogP contribution in [0.15, 0.2) is 12.3 Å². The lowest BCUT2D eigenvalue weighted by atomic mass is 9.91. The number of amides is 2. The predicted octanol–water partition coefficient (Wildman–Crippen LogP) is 3.86. The Bertz CT molecular complexity index is 1140. The number of halogens is 4. The average Bonchev–Trinajstić information content (AvgIpc) is 3.58. The summed E-state index contributed by atoms with van der Waals surface area (Å²) in [6.45, 7) is 1.92. The number of alkyl halides is 3. The number of carbonyl (C=O) groups is 2. The number of imidazole rings is 1. The van der Waals surface area contributed by atoms with E-state index in [1.165, 1.54) is 11.1 Å². The summed E-state index contributed by atoms with van der Waals surface area (Å²) in [5, 5.41) is 9.56. The third kappa shape index (κ3) is 4.15. The first-order chi connectivity index (χ1) is 16.0. The summed E-state index contributed by atoms with van der Waals surface area (Å²) in [5.74, 6) is -0.830. The van der Waals surface area contributed by atoms with Crippen molar-refractivity contribution in [2.45, 2.75) is 75.7 Å². The third-order valence-corrected chi connectivity index (χ3v) is 7.59. The van der Waals surface area contributed by atoms with Gasteiger partial charge in [-0.1, -0.05) is 11.6 Å². The number of aromatic nitrogens is 2. The fourth-order valence-corrected chi connectivity index (χ4v) is 5.38. The van der Waals surface area contributed by atoms with Gasteiger partial charge in [0, 0.05) is 24.8 Å². The van der Waals surface area contributed by atoms with E-state index in [-0.39, 0.29) is 47.4 Å². The molecule has 1 saturated heterocycles. The zero-order valence-electron chi connectivity index (χ0n) is 18.7. The Morgan fingerprint density at radius 3 is 2.47 bits per heavy atom. The fraction of sp³-hybridized carbons (Fsp3) is 0.609. The fourth-order valence-electron chi connectivity index (χ4n) is 5.13. The molecular weight excluding hydrogens is 473 g/mol. The molecule has 184 valence electrons. The molecule has 1 atom stereocenters. The van der Waals surface area contributed by atoms with Crippen LogP contribution in [0.1, 0.15) is 73.0 Å². The Balaban J connectivity index is 1.43. The van der Waals surface area contributed by atoms with Gasteiger partial charge in [0.1, 0.15) is 11.7 Å². The Labute approximate surface area is 199 Å². The largest absolute Gasteiger partial charge is 0.419 e. The lowest BCUT2D eigenvalue weighted by Gasteiger charge is -2.44. The summed E-state index contributed by atoms with van der Waals surface area (Å²) in [6, 6.07) is 0.753. The van der Waals surface area contributed by atoms with E-state index in [2.05, 4.69) is 4.98 Å². The lowest BCUT2D eigenvalue weighted by Crippen LogP contribution is -2.60. The minimum Gasteiger partial charge on any atom is -0.393 e. The Morgan fingerprint density at radius 2 is 1.85 bits per heavy atom. The number of hydrogen-bond acceptors (Lipinski definition) is 4. The van der Waals surface area contributed by atoms with Crippen molar-refractivity contribution in [3.63, 3.8) is 0 Å². The molecule has 0 aromatic carbocycles. The van der Waals surface area contributed by atoms with Gasteiger partial charge in [0.25, 0.3) is 5.91 Å². The van der Waals surface area contributed by atoms with Gasteiger partial charge < -0.3 is 14.9 Å². The number of hydrogen-bond donors (Lipinski definition) is 1. The van der Waals surface area contributed by atoms with Crippen LogP contribution < -0.4 is 0 Å². The van der Waals surface area contributed by atoms with E-state index in [1.807, 2.05) is 0 Å². The van der Waals surface area contributed by atoms with Gasteiger partial charge in [-0.2, -0.15) is 13.2 Å². The average molecular weight is 499 g/mol. The van der Waals surface area contributed by atoms with Crippen molar-refractivity contribution >= 4 is 29.1 Å². The van der Waals surface area contributed by atoms with E-state index in [9.17, 15) is 27.9 Å². The molecule has 2 aliphatic carbocycles. The van der Waals surface area contributed by atoms with Crippen molar-refractivity contribution in [2.24, 2.45) is 0 Å². The molecule has 3 aliphatic rings. The zero-order valence-corrected chi connectivity index (χ0v) is 19.4. The van der Waals surface area contributed by atoms with Crippen molar-refractivity contribution < 1.29 is 27.9 Å². The molecule has 2 amide bonds. The molecule has 11 heteroatoms. The minimum absolute atomic E-state index is 0.0181. The molecule has 2 aromatic rings. The first-order valence-corrected chi connectivity index (χ1v) is 12.0. The molecule has 0 radical (unpaired) electrons. The van der Waals surface area contributed by atoms with Crippen molar-refractivity contribution in [1.82, 2.24) is 19.2 Å². The van der Waals surface area contributed by atoms with Crippen molar-refractivity contribution in [3.8, 4) is 0 Å². The smallest absolute Gasteiger partial charge is 0.393 e. The van der Waals surface area contributed by atoms with E-state index < -0.39 is 23.3 Å². The molecule has 1 aliphatic heterocycles. The highest BCUT2D eigenvalue weighted by atomic mass is 35.5. The molecule has 0 bridgehead atoms. The number of nitrogens with zero attached hydrogens (tertiary/aromatic N) is 4. The maximum Gasteiger partial charge on any atom is 0.419 e. The second kappa shape index (κ2) is 8.41. The second-order valence-corrected chi connectivity index (χ2v) is 10.1. The van der Waals surface area contributed by atoms with Crippen molar-refractivity contribution in [3.05, 3.63) is 34.2 Å². The maximum absolute atomic E-state index is 13.8.